The first-order valence-corrected chi connectivity index (χ1v) is 11.5. The molecule has 0 bridgehead atoms. The molecule has 0 radical (unpaired) electrons. The first kappa shape index (κ1) is 25.7. The summed E-state index contributed by atoms with van der Waals surface area (Å²) < 4.78 is 31.2. The Labute approximate surface area is 203 Å². The second kappa shape index (κ2) is 10.6. The lowest BCUT2D eigenvalue weighted by atomic mass is 10.2. The van der Waals surface area contributed by atoms with Crippen molar-refractivity contribution >= 4 is 29.1 Å². The minimum absolute atomic E-state index is 0.0456. The molecule has 0 aliphatic carbocycles. The third-order valence-electron chi connectivity index (χ3n) is 5.47. The first-order chi connectivity index (χ1) is 16.5. The van der Waals surface area contributed by atoms with Crippen molar-refractivity contribution in [3.8, 4) is 5.69 Å². The number of nitrogen functional groups attached to an aromatic ring is 1. The van der Waals surface area contributed by atoms with Gasteiger partial charge in [-0.25, -0.2) is 18.6 Å². The average molecular weight is 483 g/mol. The Kier molecular flexibility index (Phi) is 7.78. The summed E-state index contributed by atoms with van der Waals surface area (Å²) in [6.45, 7) is 9.27. The molecule has 0 spiro atoms. The van der Waals surface area contributed by atoms with Gasteiger partial charge in [0.05, 0.1) is 22.4 Å². The molecule has 9 heteroatoms. The lowest BCUT2D eigenvalue weighted by molar-refractivity contribution is 0.560. The third kappa shape index (κ3) is 5.45. The minimum atomic E-state index is -0.584. The van der Waals surface area contributed by atoms with Crippen molar-refractivity contribution in [2.45, 2.75) is 53.5 Å². The number of anilines is 2. The van der Waals surface area contributed by atoms with Crippen LogP contribution < -0.4 is 33.2 Å². The number of hydrogen-bond donors (Lipinski definition) is 3. The van der Waals surface area contributed by atoms with Crippen molar-refractivity contribution in [3.05, 3.63) is 74.8 Å². The molecule has 0 saturated heterocycles. The van der Waals surface area contributed by atoms with Crippen molar-refractivity contribution in [1.29, 1.82) is 0 Å². The number of hydrogen-bond acceptors (Lipinski definition) is 4. The Morgan fingerprint density at radius 3 is 2.49 bits per heavy atom. The van der Waals surface area contributed by atoms with Crippen LogP contribution in [-0.2, 0) is 0 Å². The number of amidine groups is 1. The van der Waals surface area contributed by atoms with E-state index in [4.69, 9.17) is 11.5 Å². The maximum atomic E-state index is 14.3. The number of aryl methyl sites for hydroxylation is 1. The molecule has 7 nitrogen and oxygen atoms in total. The fourth-order valence-electron chi connectivity index (χ4n) is 3.84. The van der Waals surface area contributed by atoms with Crippen molar-refractivity contribution < 1.29 is 8.78 Å². The monoisotopic (exact) mass is 482 g/mol. The maximum absolute atomic E-state index is 14.3. The van der Waals surface area contributed by atoms with Crippen LogP contribution in [0.3, 0.4) is 0 Å². The lowest BCUT2D eigenvalue weighted by Crippen LogP contribution is -2.37. The largest absolute Gasteiger partial charge is 0.396 e. The van der Waals surface area contributed by atoms with Gasteiger partial charge in [0.15, 0.2) is 5.82 Å². The normalized spacial score (nSPS) is 13.5. The van der Waals surface area contributed by atoms with E-state index in [0.717, 1.165) is 12.0 Å². The van der Waals surface area contributed by atoms with Gasteiger partial charge in [-0.05, 0) is 70.0 Å². The third-order valence-corrected chi connectivity index (χ3v) is 5.47. The standard InChI is InChI=1S/C26H32F2N6O/c1-6-7-8-23-24(25(30)32-17(5)31-22-12-9-16(4)13-20(22)28)34(26(35)33(23)15(2)3)18-10-11-19(27)21(29)14-18/h8-15H,6-7,29-30H2,1-5H3,(H,31,32)/b23-8-,25-24+. The van der Waals surface area contributed by atoms with Gasteiger partial charge in [0, 0.05) is 6.04 Å². The van der Waals surface area contributed by atoms with Crippen LogP contribution in [0.15, 0.2) is 46.2 Å². The molecule has 2 aromatic carbocycles. The highest BCUT2D eigenvalue weighted by Gasteiger charge is 2.17. The molecule has 0 aliphatic heterocycles. The first-order valence-electron chi connectivity index (χ1n) is 11.5. The van der Waals surface area contributed by atoms with E-state index >= 15 is 0 Å². The van der Waals surface area contributed by atoms with Crippen LogP contribution in [0.1, 0.15) is 52.1 Å². The Morgan fingerprint density at radius 2 is 1.89 bits per heavy atom. The quantitative estimate of drug-likeness (QED) is 0.284. The van der Waals surface area contributed by atoms with Gasteiger partial charge < -0.3 is 16.8 Å². The molecule has 0 atom stereocenters. The number of nitrogens with zero attached hydrogens (tertiary/aromatic N) is 3. The molecule has 0 amide bonds. The number of nitrogens with one attached hydrogen (secondary N) is 1. The fraction of sp³-hybridized carbons (Fsp3) is 0.308. The lowest BCUT2D eigenvalue weighted by Gasteiger charge is -2.08. The molecular formula is C26H32F2N6O. The van der Waals surface area contributed by atoms with Gasteiger partial charge in [-0.2, -0.15) is 0 Å². The number of aliphatic imine (C=N–C) groups is 1. The van der Waals surface area contributed by atoms with Crippen molar-refractivity contribution in [1.82, 2.24) is 9.13 Å². The highest BCUT2D eigenvalue weighted by Crippen LogP contribution is 2.16. The molecule has 3 aromatic rings. The number of aromatic nitrogens is 2. The van der Waals surface area contributed by atoms with Crippen molar-refractivity contribution in [3.63, 3.8) is 0 Å². The van der Waals surface area contributed by atoms with E-state index in [0.29, 0.717) is 28.6 Å². The number of benzene rings is 2. The molecule has 0 unspecified atom stereocenters. The summed E-state index contributed by atoms with van der Waals surface area (Å²) in [4.78, 5) is 18.0. The van der Waals surface area contributed by atoms with Crippen LogP contribution in [0.5, 0.6) is 0 Å². The average Bonchev–Trinajstić information content (AvgIpc) is 3.08. The van der Waals surface area contributed by atoms with Crippen molar-refractivity contribution in [2.75, 3.05) is 11.1 Å². The number of nitrogens with two attached hydrogens (primary N) is 2. The van der Waals surface area contributed by atoms with Crippen LogP contribution in [0, 0.1) is 18.6 Å². The van der Waals surface area contributed by atoms with Gasteiger partial charge in [0.2, 0.25) is 0 Å². The molecule has 35 heavy (non-hydrogen) atoms. The molecule has 186 valence electrons. The Hall–Kier alpha value is -3.88. The summed E-state index contributed by atoms with van der Waals surface area (Å²) in [7, 11) is 0. The van der Waals surface area contributed by atoms with Crippen LogP contribution in [0.25, 0.3) is 17.6 Å². The van der Waals surface area contributed by atoms with Gasteiger partial charge in [0.1, 0.15) is 22.8 Å². The van der Waals surface area contributed by atoms with E-state index in [1.807, 2.05) is 26.8 Å². The SMILES string of the molecule is CCC/C=c1/c(=C(N)\N=C(/C)Nc2ccc(C)cc2F)n(-c2ccc(F)c(N)c2)c(=O)n1C(C)C. The second-order valence-corrected chi connectivity index (χ2v) is 8.70. The van der Waals surface area contributed by atoms with E-state index in [1.165, 1.54) is 28.8 Å². The highest BCUT2D eigenvalue weighted by atomic mass is 19.1. The summed E-state index contributed by atoms with van der Waals surface area (Å²) in [6.07, 6.45) is 3.50. The number of halogens is 2. The highest BCUT2D eigenvalue weighted by molar-refractivity contribution is 5.95. The Morgan fingerprint density at radius 1 is 1.17 bits per heavy atom. The maximum Gasteiger partial charge on any atom is 0.334 e. The summed E-state index contributed by atoms with van der Waals surface area (Å²) >= 11 is 0. The van der Waals surface area contributed by atoms with Gasteiger partial charge in [-0.3, -0.25) is 9.13 Å². The predicted octanol–water partition coefficient (Wildman–Crippen LogP) is 3.52. The van der Waals surface area contributed by atoms with Gasteiger partial charge in [0.25, 0.3) is 0 Å². The predicted molar refractivity (Wildman–Crippen MR) is 139 cm³/mol. The summed E-state index contributed by atoms with van der Waals surface area (Å²) in [5.41, 5.74) is 13.2. The van der Waals surface area contributed by atoms with Gasteiger partial charge in [-0.1, -0.05) is 25.5 Å². The van der Waals surface area contributed by atoms with Gasteiger partial charge in [-0.15, -0.1) is 0 Å². The van der Waals surface area contributed by atoms with Crippen LogP contribution >= 0.6 is 0 Å². The number of rotatable bonds is 6. The van der Waals surface area contributed by atoms with Crippen LogP contribution in [-0.4, -0.2) is 15.0 Å². The molecule has 0 aliphatic rings. The van der Waals surface area contributed by atoms with Crippen LogP contribution in [0.2, 0.25) is 0 Å². The molecule has 0 fully saturated rings. The summed E-state index contributed by atoms with van der Waals surface area (Å²) in [5.74, 6) is -0.620. The zero-order valence-electron chi connectivity index (χ0n) is 20.7. The van der Waals surface area contributed by atoms with Gasteiger partial charge >= 0.3 is 5.69 Å². The molecule has 3 rings (SSSR count). The van der Waals surface area contributed by atoms with E-state index < -0.39 is 11.6 Å². The summed E-state index contributed by atoms with van der Waals surface area (Å²) in [5, 5.41) is 3.88. The number of unbranched alkanes of at least 4 members (excludes halogenated alkanes) is 1. The molecule has 1 heterocycles. The molecule has 1 aromatic heterocycles. The van der Waals surface area contributed by atoms with E-state index in [1.54, 1.807) is 30.5 Å². The zero-order valence-corrected chi connectivity index (χ0v) is 20.7. The number of imidazole rings is 1. The minimum Gasteiger partial charge on any atom is -0.396 e. The smallest absolute Gasteiger partial charge is 0.334 e. The van der Waals surface area contributed by atoms with Crippen LogP contribution in [0.4, 0.5) is 20.2 Å². The zero-order chi connectivity index (χ0) is 25.9. The van der Waals surface area contributed by atoms with E-state index in [9.17, 15) is 13.6 Å². The fourth-order valence-corrected chi connectivity index (χ4v) is 3.84. The second-order valence-electron chi connectivity index (χ2n) is 8.70. The topological polar surface area (TPSA) is 103 Å². The van der Waals surface area contributed by atoms with E-state index in [2.05, 4.69) is 10.3 Å². The Bertz CT molecular complexity index is 1450. The molecular weight excluding hydrogens is 450 g/mol. The van der Waals surface area contributed by atoms with E-state index in [-0.39, 0.29) is 28.9 Å². The Balaban J connectivity index is 2.33. The van der Waals surface area contributed by atoms with Crippen molar-refractivity contribution in [2.24, 2.45) is 10.7 Å². The molecule has 0 saturated carbocycles. The summed E-state index contributed by atoms with van der Waals surface area (Å²) in [6, 6.07) is 8.69. The molecule has 5 N–H and O–H groups in total.